The molecule has 2 heterocycles. The molecule has 2 aliphatic heterocycles. The van der Waals surface area contributed by atoms with Gasteiger partial charge in [-0.1, -0.05) is 20.8 Å². The van der Waals surface area contributed by atoms with E-state index in [-0.39, 0.29) is 29.2 Å². The Morgan fingerprint density at radius 1 is 1.04 bits per heavy atom. The first kappa shape index (κ1) is 18.2. The Kier molecular flexibility index (Phi) is 5.71. The number of rotatable bonds is 2. The molecule has 2 rings (SSSR count). The van der Waals surface area contributed by atoms with E-state index in [1.807, 2.05) is 37.5 Å². The van der Waals surface area contributed by atoms with Crippen LogP contribution in [0.1, 0.15) is 53.4 Å². The summed E-state index contributed by atoms with van der Waals surface area (Å²) in [5, 5.41) is 0. The lowest BCUT2D eigenvalue weighted by atomic mass is 9.88. The first-order valence-electron chi connectivity index (χ1n) is 9.04. The van der Waals surface area contributed by atoms with Crippen LogP contribution in [0, 0.1) is 17.3 Å². The number of nitrogens with two attached hydrogens (primary N) is 1. The quantitative estimate of drug-likeness (QED) is 0.843. The molecule has 0 radical (unpaired) electrons. The smallest absolute Gasteiger partial charge is 0.227 e. The van der Waals surface area contributed by atoms with Gasteiger partial charge in [0.25, 0.3) is 0 Å². The lowest BCUT2D eigenvalue weighted by Crippen LogP contribution is -2.52. The average molecular weight is 323 g/mol. The third-order valence-electron chi connectivity index (χ3n) is 5.21. The van der Waals surface area contributed by atoms with Crippen molar-refractivity contribution in [3.05, 3.63) is 0 Å². The fourth-order valence-corrected chi connectivity index (χ4v) is 3.74. The second-order valence-corrected chi connectivity index (χ2v) is 8.39. The summed E-state index contributed by atoms with van der Waals surface area (Å²) in [6.07, 6.45) is 3.96. The van der Waals surface area contributed by atoms with Gasteiger partial charge in [0, 0.05) is 37.6 Å². The van der Waals surface area contributed by atoms with Crippen molar-refractivity contribution >= 4 is 11.8 Å². The molecule has 132 valence electrons. The molecule has 0 aromatic carbocycles. The molecule has 2 N–H and O–H groups in total. The third kappa shape index (κ3) is 4.46. The number of carbonyl (C=O) groups excluding carboxylic acids is 2. The van der Waals surface area contributed by atoms with Crippen molar-refractivity contribution in [2.45, 2.75) is 59.4 Å². The SMILES string of the molecule is CC(N)C1CCCN(C(=O)C2CCCN(C(=O)C(C)(C)C)C2)C1. The number of hydrogen-bond acceptors (Lipinski definition) is 3. The summed E-state index contributed by atoms with van der Waals surface area (Å²) in [5.74, 6) is 0.745. The summed E-state index contributed by atoms with van der Waals surface area (Å²) >= 11 is 0. The Morgan fingerprint density at radius 3 is 2.26 bits per heavy atom. The molecule has 5 nitrogen and oxygen atoms in total. The number of amides is 2. The van der Waals surface area contributed by atoms with Gasteiger partial charge in [-0.2, -0.15) is 0 Å². The zero-order valence-electron chi connectivity index (χ0n) is 15.2. The largest absolute Gasteiger partial charge is 0.342 e. The van der Waals surface area contributed by atoms with Crippen molar-refractivity contribution in [2.24, 2.45) is 23.0 Å². The molecule has 2 aliphatic rings. The molecule has 0 aliphatic carbocycles. The third-order valence-corrected chi connectivity index (χ3v) is 5.21. The lowest BCUT2D eigenvalue weighted by molar-refractivity contribution is -0.146. The molecule has 0 aromatic heterocycles. The predicted molar refractivity (Wildman–Crippen MR) is 91.7 cm³/mol. The molecule has 2 saturated heterocycles. The molecule has 0 bridgehead atoms. The summed E-state index contributed by atoms with van der Waals surface area (Å²) in [5.41, 5.74) is 5.65. The Labute approximate surface area is 140 Å². The summed E-state index contributed by atoms with van der Waals surface area (Å²) in [6, 6.07) is 0.135. The van der Waals surface area contributed by atoms with Crippen molar-refractivity contribution < 1.29 is 9.59 Å². The fraction of sp³-hybridized carbons (Fsp3) is 0.889. The number of carbonyl (C=O) groups is 2. The second kappa shape index (κ2) is 7.20. The highest BCUT2D eigenvalue weighted by Crippen LogP contribution is 2.26. The van der Waals surface area contributed by atoms with Gasteiger partial charge in [0.05, 0.1) is 5.92 Å². The van der Waals surface area contributed by atoms with E-state index >= 15 is 0 Å². The van der Waals surface area contributed by atoms with Crippen molar-refractivity contribution in [3.8, 4) is 0 Å². The first-order valence-corrected chi connectivity index (χ1v) is 9.04. The molecule has 2 fully saturated rings. The highest BCUT2D eigenvalue weighted by Gasteiger charge is 2.36. The summed E-state index contributed by atoms with van der Waals surface area (Å²) < 4.78 is 0. The molecule has 0 saturated carbocycles. The van der Waals surface area contributed by atoms with Gasteiger partial charge in [-0.05, 0) is 38.5 Å². The van der Waals surface area contributed by atoms with Crippen molar-refractivity contribution in [1.82, 2.24) is 9.80 Å². The summed E-state index contributed by atoms with van der Waals surface area (Å²) in [7, 11) is 0. The van der Waals surface area contributed by atoms with E-state index in [1.165, 1.54) is 0 Å². The maximum atomic E-state index is 12.9. The Hall–Kier alpha value is -1.10. The topological polar surface area (TPSA) is 66.6 Å². The molecule has 3 unspecified atom stereocenters. The van der Waals surface area contributed by atoms with E-state index in [9.17, 15) is 9.59 Å². The van der Waals surface area contributed by atoms with Crippen LogP contribution in [0.15, 0.2) is 0 Å². The predicted octanol–water partition coefficient (Wildman–Crippen LogP) is 1.86. The average Bonchev–Trinajstić information content (AvgIpc) is 2.52. The fourth-order valence-electron chi connectivity index (χ4n) is 3.74. The van der Waals surface area contributed by atoms with E-state index in [4.69, 9.17) is 5.73 Å². The van der Waals surface area contributed by atoms with Crippen molar-refractivity contribution in [1.29, 1.82) is 0 Å². The van der Waals surface area contributed by atoms with Crippen LogP contribution in [0.4, 0.5) is 0 Å². The maximum absolute atomic E-state index is 12.9. The van der Waals surface area contributed by atoms with Gasteiger partial charge in [-0.15, -0.1) is 0 Å². The molecular weight excluding hydrogens is 290 g/mol. The summed E-state index contributed by atoms with van der Waals surface area (Å²) in [4.78, 5) is 29.3. The van der Waals surface area contributed by atoms with Crippen LogP contribution < -0.4 is 5.73 Å². The second-order valence-electron chi connectivity index (χ2n) is 8.39. The van der Waals surface area contributed by atoms with Crippen LogP contribution >= 0.6 is 0 Å². The minimum atomic E-state index is -0.379. The zero-order chi connectivity index (χ0) is 17.2. The zero-order valence-corrected chi connectivity index (χ0v) is 15.2. The standard InChI is InChI=1S/C18H33N3O2/c1-13(19)14-7-5-9-20(11-14)16(22)15-8-6-10-21(12-15)17(23)18(2,3)4/h13-15H,5-12,19H2,1-4H3. The minimum Gasteiger partial charge on any atom is -0.342 e. The van der Waals surface area contributed by atoms with Crippen LogP contribution in [0.3, 0.4) is 0 Å². The lowest BCUT2D eigenvalue weighted by Gasteiger charge is -2.40. The number of hydrogen-bond donors (Lipinski definition) is 1. The molecule has 5 heteroatoms. The van der Waals surface area contributed by atoms with Gasteiger partial charge in [-0.25, -0.2) is 0 Å². The molecule has 3 atom stereocenters. The van der Waals surface area contributed by atoms with Gasteiger partial charge in [0.2, 0.25) is 11.8 Å². The van der Waals surface area contributed by atoms with E-state index in [0.717, 1.165) is 45.3 Å². The van der Waals surface area contributed by atoms with Crippen LogP contribution in [0.2, 0.25) is 0 Å². The van der Waals surface area contributed by atoms with Gasteiger partial charge in [-0.3, -0.25) is 9.59 Å². The van der Waals surface area contributed by atoms with Crippen LogP contribution in [0.25, 0.3) is 0 Å². The van der Waals surface area contributed by atoms with E-state index in [2.05, 4.69) is 0 Å². The highest BCUT2D eigenvalue weighted by atomic mass is 16.2. The Balaban J connectivity index is 1.98. The first-order chi connectivity index (χ1) is 10.7. The van der Waals surface area contributed by atoms with Gasteiger partial charge in [0.1, 0.15) is 0 Å². The van der Waals surface area contributed by atoms with Crippen LogP contribution in [-0.4, -0.2) is 53.8 Å². The summed E-state index contributed by atoms with van der Waals surface area (Å²) in [6.45, 7) is 10.8. The molecule has 23 heavy (non-hydrogen) atoms. The minimum absolute atomic E-state index is 0.0399. The Morgan fingerprint density at radius 2 is 1.65 bits per heavy atom. The molecule has 0 aromatic rings. The van der Waals surface area contributed by atoms with Gasteiger partial charge in [0.15, 0.2) is 0 Å². The van der Waals surface area contributed by atoms with E-state index in [0.29, 0.717) is 12.5 Å². The normalized spacial score (nSPS) is 27.7. The molecule has 2 amide bonds. The molecular formula is C18H33N3O2. The Bertz CT molecular complexity index is 442. The number of likely N-dealkylation sites (tertiary alicyclic amines) is 2. The number of piperidine rings is 2. The van der Waals surface area contributed by atoms with E-state index < -0.39 is 0 Å². The van der Waals surface area contributed by atoms with E-state index in [1.54, 1.807) is 0 Å². The highest BCUT2D eigenvalue weighted by molar-refractivity contribution is 5.84. The van der Waals surface area contributed by atoms with Crippen molar-refractivity contribution in [2.75, 3.05) is 26.2 Å². The number of nitrogens with zero attached hydrogens (tertiary/aromatic N) is 2. The van der Waals surface area contributed by atoms with Crippen LogP contribution in [-0.2, 0) is 9.59 Å². The van der Waals surface area contributed by atoms with Gasteiger partial charge < -0.3 is 15.5 Å². The maximum Gasteiger partial charge on any atom is 0.227 e. The molecule has 0 spiro atoms. The van der Waals surface area contributed by atoms with Crippen LogP contribution in [0.5, 0.6) is 0 Å². The van der Waals surface area contributed by atoms with Gasteiger partial charge >= 0.3 is 0 Å². The monoisotopic (exact) mass is 323 g/mol. The van der Waals surface area contributed by atoms with Crippen molar-refractivity contribution in [3.63, 3.8) is 0 Å².